The second-order valence-electron chi connectivity index (χ2n) is 7.15. The Morgan fingerprint density at radius 2 is 2.26 bits per heavy atom. The van der Waals surface area contributed by atoms with Crippen molar-refractivity contribution in [2.24, 2.45) is 0 Å². The number of hydrogen-bond donors (Lipinski definition) is 1. The van der Waals surface area contributed by atoms with Crippen molar-refractivity contribution in [1.82, 2.24) is 5.32 Å². The molecule has 0 unspecified atom stereocenters. The molecule has 3 aliphatic heterocycles. The zero-order valence-electron chi connectivity index (χ0n) is 15.4. The van der Waals surface area contributed by atoms with E-state index in [1.807, 2.05) is 13.1 Å². The monoisotopic (exact) mass is 394 g/mol. The number of benzene rings is 1. The van der Waals surface area contributed by atoms with Gasteiger partial charge in [-0.15, -0.1) is 0 Å². The molecule has 0 saturated carbocycles. The maximum Gasteiger partial charge on any atom is 0.414 e. The van der Waals surface area contributed by atoms with E-state index in [1.54, 1.807) is 0 Å². The summed E-state index contributed by atoms with van der Waals surface area (Å²) in [7, 11) is 3.44. The van der Waals surface area contributed by atoms with Crippen molar-refractivity contribution in [3.8, 4) is 0 Å². The van der Waals surface area contributed by atoms with E-state index < -0.39 is 6.09 Å². The fourth-order valence-electron chi connectivity index (χ4n) is 4.14. The van der Waals surface area contributed by atoms with Gasteiger partial charge in [0.2, 0.25) is 0 Å². The number of amides is 1. The highest BCUT2D eigenvalue weighted by Crippen LogP contribution is 2.43. The number of carbonyl (C=O) groups is 1. The maximum atomic E-state index is 15.0. The Balaban J connectivity index is 1.56. The third-order valence-corrected chi connectivity index (χ3v) is 5.74. The van der Waals surface area contributed by atoms with Crippen LogP contribution in [-0.4, -0.2) is 63.8 Å². The first-order valence-electron chi connectivity index (χ1n) is 9.09. The van der Waals surface area contributed by atoms with Crippen molar-refractivity contribution in [2.45, 2.75) is 25.0 Å². The largest absolute Gasteiger partial charge is 0.474 e. The summed E-state index contributed by atoms with van der Waals surface area (Å²) in [5.41, 5.74) is 1.97. The van der Waals surface area contributed by atoms with Gasteiger partial charge in [-0.1, -0.05) is 0 Å². The topological polar surface area (TPSA) is 57.3 Å². The molecule has 2 atom stereocenters. The van der Waals surface area contributed by atoms with Crippen LogP contribution >= 0.6 is 12.2 Å². The molecule has 0 aliphatic carbocycles. The molecule has 7 nitrogen and oxygen atoms in total. The lowest BCUT2D eigenvalue weighted by Gasteiger charge is -2.40. The molecule has 27 heavy (non-hydrogen) atoms. The number of nitrogens with one attached hydrogen (secondary N) is 1. The molecule has 3 aliphatic rings. The summed E-state index contributed by atoms with van der Waals surface area (Å²) in [6.45, 7) is 2.41. The lowest BCUT2D eigenvalue weighted by molar-refractivity contribution is 0.142. The SMILES string of the molecule is COC(=S)NC[C@H]1CN(c2cc(F)c3c(c2)N(C)C[C@@H]2CCCN32)C(=O)O1. The number of carbonyl (C=O) groups excluding carboxylic acids is 1. The van der Waals surface area contributed by atoms with Crippen molar-refractivity contribution in [1.29, 1.82) is 0 Å². The lowest BCUT2D eigenvalue weighted by atomic mass is 10.1. The summed E-state index contributed by atoms with van der Waals surface area (Å²) in [4.78, 5) is 18.0. The molecule has 1 aromatic carbocycles. The van der Waals surface area contributed by atoms with Gasteiger partial charge >= 0.3 is 6.09 Å². The van der Waals surface area contributed by atoms with Crippen molar-refractivity contribution in [3.05, 3.63) is 17.9 Å². The molecule has 0 bridgehead atoms. The summed E-state index contributed by atoms with van der Waals surface area (Å²) in [6, 6.07) is 3.67. The normalized spacial score (nSPS) is 23.8. The van der Waals surface area contributed by atoms with Gasteiger partial charge < -0.3 is 24.6 Å². The number of likely N-dealkylation sites (N-methyl/N-ethyl adjacent to an activating group) is 1. The molecule has 9 heteroatoms. The fourth-order valence-corrected chi connectivity index (χ4v) is 4.23. The smallest absolute Gasteiger partial charge is 0.414 e. The molecular formula is C18H23FN4O3S. The van der Waals surface area contributed by atoms with E-state index >= 15 is 4.39 Å². The second-order valence-corrected chi connectivity index (χ2v) is 7.52. The third kappa shape index (κ3) is 3.24. The Hall–Kier alpha value is -2.29. The molecule has 1 amide bonds. The number of nitrogens with zero attached hydrogens (tertiary/aromatic N) is 3. The van der Waals surface area contributed by atoms with Crippen LogP contribution in [0.15, 0.2) is 12.1 Å². The van der Waals surface area contributed by atoms with Gasteiger partial charge in [-0.25, -0.2) is 9.18 Å². The number of hydrogen-bond acceptors (Lipinski definition) is 6. The van der Waals surface area contributed by atoms with Crippen LogP contribution in [-0.2, 0) is 9.47 Å². The molecule has 1 aromatic rings. The Bertz CT molecular complexity index is 777. The summed E-state index contributed by atoms with van der Waals surface area (Å²) < 4.78 is 25.3. The van der Waals surface area contributed by atoms with Crippen LogP contribution in [0.1, 0.15) is 12.8 Å². The molecule has 146 valence electrons. The van der Waals surface area contributed by atoms with Crippen molar-refractivity contribution >= 4 is 40.5 Å². The third-order valence-electron chi connectivity index (χ3n) is 5.43. The minimum absolute atomic E-state index is 0.242. The minimum atomic E-state index is -0.484. The van der Waals surface area contributed by atoms with E-state index in [9.17, 15) is 4.79 Å². The predicted octanol–water partition coefficient (Wildman–Crippen LogP) is 2.09. The Morgan fingerprint density at radius 1 is 1.44 bits per heavy atom. The quantitative estimate of drug-likeness (QED) is 0.788. The molecule has 4 rings (SSSR count). The zero-order chi connectivity index (χ0) is 19.1. The van der Waals surface area contributed by atoms with E-state index in [0.29, 0.717) is 30.5 Å². The van der Waals surface area contributed by atoms with Gasteiger partial charge in [-0.05, 0) is 31.1 Å². The van der Waals surface area contributed by atoms with Gasteiger partial charge in [-0.3, -0.25) is 4.90 Å². The summed E-state index contributed by atoms with van der Waals surface area (Å²) in [5.74, 6) is -0.295. The van der Waals surface area contributed by atoms with Gasteiger partial charge in [-0.2, -0.15) is 0 Å². The first-order chi connectivity index (χ1) is 13.0. The highest BCUT2D eigenvalue weighted by Gasteiger charge is 2.37. The number of cyclic esters (lactones) is 1. The van der Waals surface area contributed by atoms with Crippen molar-refractivity contribution in [2.75, 3.05) is 55.0 Å². The first-order valence-corrected chi connectivity index (χ1v) is 9.50. The van der Waals surface area contributed by atoms with E-state index in [0.717, 1.165) is 31.6 Å². The summed E-state index contributed by atoms with van der Waals surface area (Å²) in [6.07, 6.45) is 1.30. The van der Waals surface area contributed by atoms with E-state index in [4.69, 9.17) is 21.7 Å². The number of anilines is 3. The van der Waals surface area contributed by atoms with Crippen LogP contribution in [0.2, 0.25) is 0 Å². The average Bonchev–Trinajstić information content (AvgIpc) is 3.25. The minimum Gasteiger partial charge on any atom is -0.474 e. The van der Waals surface area contributed by atoms with Crippen LogP contribution in [0.5, 0.6) is 0 Å². The number of methoxy groups -OCH3 is 1. The zero-order valence-corrected chi connectivity index (χ0v) is 16.2. The van der Waals surface area contributed by atoms with Gasteiger partial charge in [0, 0.05) is 32.2 Å². The van der Waals surface area contributed by atoms with Gasteiger partial charge in [0.1, 0.15) is 6.10 Å². The molecule has 0 aromatic heterocycles. The number of halogens is 1. The molecule has 0 radical (unpaired) electrons. The van der Waals surface area contributed by atoms with Crippen LogP contribution < -0.4 is 20.0 Å². The standard InChI is InChI=1S/C18H23FN4O3S/c1-21-9-11-4-3-5-22(11)16-14(19)6-12(7-15(16)21)23-10-13(26-18(23)24)8-20-17(27)25-2/h6-7,11,13H,3-5,8-10H2,1-2H3,(H,20,27)/t11-,13-/m0/s1. The first kappa shape index (κ1) is 18.1. The number of rotatable bonds is 3. The van der Waals surface area contributed by atoms with Crippen LogP contribution in [0.3, 0.4) is 0 Å². The molecular weight excluding hydrogens is 371 g/mol. The maximum absolute atomic E-state index is 15.0. The Kier molecular flexibility index (Phi) is 4.71. The van der Waals surface area contributed by atoms with Gasteiger partial charge in [0.25, 0.3) is 5.17 Å². The van der Waals surface area contributed by atoms with Crippen molar-refractivity contribution in [3.63, 3.8) is 0 Å². The fraction of sp³-hybridized carbons (Fsp3) is 0.556. The summed E-state index contributed by atoms with van der Waals surface area (Å²) >= 11 is 4.93. The van der Waals surface area contributed by atoms with Crippen LogP contribution in [0.4, 0.5) is 26.2 Å². The van der Waals surface area contributed by atoms with Crippen LogP contribution in [0.25, 0.3) is 0 Å². The van der Waals surface area contributed by atoms with E-state index in [1.165, 1.54) is 18.1 Å². The highest BCUT2D eigenvalue weighted by molar-refractivity contribution is 7.80. The lowest BCUT2D eigenvalue weighted by Crippen LogP contribution is -2.44. The second kappa shape index (κ2) is 7.03. The van der Waals surface area contributed by atoms with E-state index in [-0.39, 0.29) is 17.1 Å². The molecule has 1 N–H and O–H groups in total. The van der Waals surface area contributed by atoms with Gasteiger partial charge in [0.05, 0.1) is 37.3 Å². The molecule has 0 spiro atoms. The average molecular weight is 394 g/mol. The van der Waals surface area contributed by atoms with Gasteiger partial charge in [0.15, 0.2) is 5.82 Å². The number of ether oxygens (including phenoxy) is 2. The number of fused-ring (bicyclic) bond motifs is 3. The highest BCUT2D eigenvalue weighted by atomic mass is 32.1. The molecule has 3 heterocycles. The molecule has 2 fully saturated rings. The Labute approximate surface area is 163 Å². The number of thiocarbonyl (C=S) groups is 1. The summed E-state index contributed by atoms with van der Waals surface area (Å²) in [5, 5.41) is 3.12. The predicted molar refractivity (Wildman–Crippen MR) is 105 cm³/mol. The Morgan fingerprint density at radius 3 is 3.04 bits per heavy atom. The van der Waals surface area contributed by atoms with Crippen LogP contribution in [0, 0.1) is 5.82 Å². The molecule has 2 saturated heterocycles. The van der Waals surface area contributed by atoms with E-state index in [2.05, 4.69) is 15.1 Å². The van der Waals surface area contributed by atoms with Crippen molar-refractivity contribution < 1.29 is 18.7 Å².